The van der Waals surface area contributed by atoms with E-state index in [1.54, 1.807) is 0 Å². The van der Waals surface area contributed by atoms with Crippen molar-refractivity contribution in [3.8, 4) is 0 Å². The molecular formula is C11H14Cl2FN. The molecule has 0 saturated heterocycles. The van der Waals surface area contributed by atoms with Crippen LogP contribution in [0.5, 0.6) is 0 Å². The lowest BCUT2D eigenvalue weighted by atomic mass is 9.93. The lowest BCUT2D eigenvalue weighted by Crippen LogP contribution is -2.20. The lowest BCUT2D eigenvalue weighted by Gasteiger charge is -2.20. The molecule has 1 unspecified atom stereocenters. The summed E-state index contributed by atoms with van der Waals surface area (Å²) in [5, 5.41) is 0.566. The van der Waals surface area contributed by atoms with Gasteiger partial charge in [0.25, 0.3) is 0 Å². The van der Waals surface area contributed by atoms with Crippen molar-refractivity contribution in [2.75, 3.05) is 0 Å². The second kappa shape index (κ2) is 5.15. The van der Waals surface area contributed by atoms with Gasteiger partial charge in [0.05, 0.1) is 10.0 Å². The third-order valence-corrected chi connectivity index (χ3v) is 3.49. The fourth-order valence-electron chi connectivity index (χ4n) is 1.39. The summed E-state index contributed by atoms with van der Waals surface area (Å²) < 4.78 is 13.6. The van der Waals surface area contributed by atoms with Gasteiger partial charge in [-0.05, 0) is 18.1 Å². The topological polar surface area (TPSA) is 26.0 Å². The monoisotopic (exact) mass is 249 g/mol. The van der Waals surface area contributed by atoms with Gasteiger partial charge < -0.3 is 5.73 Å². The van der Waals surface area contributed by atoms with Crippen LogP contribution >= 0.6 is 23.2 Å². The maximum atomic E-state index is 13.6. The van der Waals surface area contributed by atoms with E-state index in [2.05, 4.69) is 0 Å². The summed E-state index contributed by atoms with van der Waals surface area (Å²) in [5.41, 5.74) is 6.25. The molecule has 4 heteroatoms. The van der Waals surface area contributed by atoms with Crippen LogP contribution in [0.2, 0.25) is 10.0 Å². The molecule has 0 saturated carbocycles. The first-order valence-corrected chi connectivity index (χ1v) is 5.63. The van der Waals surface area contributed by atoms with Crippen LogP contribution in [0.3, 0.4) is 0 Å². The molecule has 84 valence electrons. The Labute approximate surface area is 99.4 Å². The van der Waals surface area contributed by atoms with E-state index < -0.39 is 11.9 Å². The fourth-order valence-corrected chi connectivity index (χ4v) is 1.83. The number of rotatable bonds is 3. The summed E-state index contributed by atoms with van der Waals surface area (Å²) in [6.45, 7) is 3.96. The van der Waals surface area contributed by atoms with E-state index in [0.717, 1.165) is 6.42 Å². The van der Waals surface area contributed by atoms with Crippen LogP contribution in [-0.2, 0) is 0 Å². The molecule has 15 heavy (non-hydrogen) atoms. The van der Waals surface area contributed by atoms with Crippen molar-refractivity contribution in [1.82, 2.24) is 0 Å². The number of hydrogen-bond donors (Lipinski definition) is 1. The van der Waals surface area contributed by atoms with Crippen LogP contribution in [0.1, 0.15) is 31.9 Å². The molecule has 0 aliphatic rings. The van der Waals surface area contributed by atoms with Crippen LogP contribution < -0.4 is 5.73 Å². The van der Waals surface area contributed by atoms with Crippen LogP contribution in [0, 0.1) is 11.7 Å². The predicted octanol–water partition coefficient (Wildman–Crippen LogP) is 4.18. The van der Waals surface area contributed by atoms with Crippen molar-refractivity contribution in [1.29, 1.82) is 0 Å². The van der Waals surface area contributed by atoms with Gasteiger partial charge in [0.1, 0.15) is 5.82 Å². The van der Waals surface area contributed by atoms with Crippen molar-refractivity contribution in [2.45, 2.75) is 26.3 Å². The third-order valence-electron chi connectivity index (χ3n) is 2.67. The van der Waals surface area contributed by atoms with Gasteiger partial charge in [-0.3, -0.25) is 0 Å². The second-order valence-corrected chi connectivity index (χ2v) is 4.45. The number of benzene rings is 1. The molecule has 0 radical (unpaired) electrons. The summed E-state index contributed by atoms with van der Waals surface area (Å²) in [6.07, 6.45) is 0.865. The average Bonchev–Trinajstić information content (AvgIpc) is 2.22. The zero-order chi connectivity index (χ0) is 11.6. The Hall–Kier alpha value is -0.310. The van der Waals surface area contributed by atoms with E-state index in [1.807, 2.05) is 13.8 Å². The molecule has 0 bridgehead atoms. The minimum Gasteiger partial charge on any atom is -0.324 e. The standard InChI is InChI=1S/C11H14Cl2FN/c1-3-6(2)11(15)9-8(14)5-4-7(12)10(9)13/h4-6,11H,3,15H2,1-2H3/t6?,11-/m1/s1. The second-order valence-electron chi connectivity index (χ2n) is 3.67. The van der Waals surface area contributed by atoms with Crippen molar-refractivity contribution in [3.63, 3.8) is 0 Å². The van der Waals surface area contributed by atoms with Crippen molar-refractivity contribution in [3.05, 3.63) is 33.6 Å². The van der Waals surface area contributed by atoms with E-state index in [9.17, 15) is 4.39 Å². The van der Waals surface area contributed by atoms with Gasteiger partial charge in [-0.25, -0.2) is 4.39 Å². The smallest absolute Gasteiger partial charge is 0.129 e. The zero-order valence-electron chi connectivity index (χ0n) is 8.73. The molecule has 0 aromatic heterocycles. The Kier molecular flexibility index (Phi) is 4.38. The molecule has 1 aromatic rings. The third kappa shape index (κ3) is 2.63. The Balaban J connectivity index is 3.18. The van der Waals surface area contributed by atoms with Gasteiger partial charge >= 0.3 is 0 Å². The molecule has 0 fully saturated rings. The maximum Gasteiger partial charge on any atom is 0.129 e. The molecule has 0 spiro atoms. The average molecular weight is 250 g/mol. The van der Waals surface area contributed by atoms with E-state index in [0.29, 0.717) is 10.6 Å². The number of hydrogen-bond acceptors (Lipinski definition) is 1. The van der Waals surface area contributed by atoms with Crippen LogP contribution in [0.15, 0.2) is 12.1 Å². The first-order valence-electron chi connectivity index (χ1n) is 4.88. The van der Waals surface area contributed by atoms with Crippen LogP contribution in [-0.4, -0.2) is 0 Å². The molecule has 2 atom stereocenters. The van der Waals surface area contributed by atoms with Gasteiger partial charge in [-0.1, -0.05) is 43.5 Å². The largest absolute Gasteiger partial charge is 0.324 e. The maximum absolute atomic E-state index is 13.6. The number of halogens is 3. The summed E-state index contributed by atoms with van der Waals surface area (Å²) in [7, 11) is 0. The molecular weight excluding hydrogens is 236 g/mol. The minimum absolute atomic E-state index is 0.162. The van der Waals surface area contributed by atoms with E-state index in [1.165, 1.54) is 12.1 Å². The highest BCUT2D eigenvalue weighted by atomic mass is 35.5. The first-order chi connectivity index (χ1) is 6.99. The highest BCUT2D eigenvalue weighted by Gasteiger charge is 2.21. The Morgan fingerprint density at radius 3 is 2.53 bits per heavy atom. The van der Waals surface area contributed by atoms with Gasteiger partial charge in [0.2, 0.25) is 0 Å². The highest BCUT2D eigenvalue weighted by Crippen LogP contribution is 2.34. The zero-order valence-corrected chi connectivity index (χ0v) is 10.2. The quantitative estimate of drug-likeness (QED) is 0.800. The summed E-state index contributed by atoms with van der Waals surface area (Å²) in [6, 6.07) is 2.32. The Morgan fingerprint density at radius 1 is 1.40 bits per heavy atom. The fraction of sp³-hybridized carbons (Fsp3) is 0.455. The molecule has 1 aromatic carbocycles. The van der Waals surface area contributed by atoms with Crippen LogP contribution in [0.4, 0.5) is 4.39 Å². The Bertz CT molecular complexity index is 355. The normalized spacial score (nSPS) is 15.1. The van der Waals surface area contributed by atoms with E-state index >= 15 is 0 Å². The molecule has 1 nitrogen and oxygen atoms in total. The van der Waals surface area contributed by atoms with Gasteiger partial charge in [-0.2, -0.15) is 0 Å². The van der Waals surface area contributed by atoms with E-state index in [-0.39, 0.29) is 10.9 Å². The molecule has 1 rings (SSSR count). The molecule has 2 N–H and O–H groups in total. The summed E-state index contributed by atoms with van der Waals surface area (Å²) in [4.78, 5) is 0. The SMILES string of the molecule is CCC(C)[C@@H](N)c1c(F)ccc(Cl)c1Cl. The van der Waals surface area contributed by atoms with Crippen molar-refractivity contribution >= 4 is 23.2 Å². The molecule has 0 aliphatic heterocycles. The first kappa shape index (κ1) is 12.8. The summed E-state index contributed by atoms with van der Waals surface area (Å²) in [5.74, 6) is -0.229. The van der Waals surface area contributed by atoms with Gasteiger partial charge in [0.15, 0.2) is 0 Å². The Morgan fingerprint density at radius 2 is 2.00 bits per heavy atom. The lowest BCUT2D eigenvalue weighted by molar-refractivity contribution is 0.439. The molecule has 0 aliphatic carbocycles. The van der Waals surface area contributed by atoms with E-state index in [4.69, 9.17) is 28.9 Å². The van der Waals surface area contributed by atoms with Crippen LogP contribution in [0.25, 0.3) is 0 Å². The van der Waals surface area contributed by atoms with Gasteiger partial charge in [0, 0.05) is 11.6 Å². The highest BCUT2D eigenvalue weighted by molar-refractivity contribution is 6.42. The van der Waals surface area contributed by atoms with Gasteiger partial charge in [-0.15, -0.1) is 0 Å². The molecule has 0 heterocycles. The number of nitrogens with two attached hydrogens (primary N) is 1. The minimum atomic E-state index is -0.416. The van der Waals surface area contributed by atoms with Crippen molar-refractivity contribution in [2.24, 2.45) is 11.7 Å². The predicted molar refractivity (Wildman–Crippen MR) is 62.8 cm³/mol. The van der Waals surface area contributed by atoms with Crippen molar-refractivity contribution < 1.29 is 4.39 Å². The molecule has 0 amide bonds. The summed E-state index contributed by atoms with van der Waals surface area (Å²) >= 11 is 11.8.